The molecule has 10 nitrogen and oxygen atoms in total. The highest BCUT2D eigenvalue weighted by Gasteiger charge is 2.42. The van der Waals surface area contributed by atoms with Crippen LogP contribution in [0, 0.1) is 0 Å². The summed E-state index contributed by atoms with van der Waals surface area (Å²) in [6.45, 7) is 3.11. The molecule has 0 saturated carbocycles. The highest BCUT2D eigenvalue weighted by molar-refractivity contribution is 8.00. The number of aryl methyl sites for hydroxylation is 2. The van der Waals surface area contributed by atoms with Gasteiger partial charge in [0.05, 0.1) is 18.6 Å². The summed E-state index contributed by atoms with van der Waals surface area (Å²) in [5, 5.41) is 27.8. The van der Waals surface area contributed by atoms with Gasteiger partial charge in [-0.3, -0.25) is 9.59 Å². The van der Waals surface area contributed by atoms with E-state index in [9.17, 15) is 19.5 Å². The molecule has 0 aromatic heterocycles. The van der Waals surface area contributed by atoms with E-state index in [0.29, 0.717) is 36.9 Å². The lowest BCUT2D eigenvalue weighted by molar-refractivity contribution is -0.136. The molecule has 4 N–H and O–H groups in total. The molecule has 2 fully saturated rings. The van der Waals surface area contributed by atoms with Gasteiger partial charge in [0.2, 0.25) is 11.8 Å². The number of benzene rings is 1. The van der Waals surface area contributed by atoms with E-state index in [-0.39, 0.29) is 36.5 Å². The van der Waals surface area contributed by atoms with Gasteiger partial charge in [0, 0.05) is 48.3 Å². The lowest BCUT2D eigenvalue weighted by atomic mass is 9.90. The molecule has 1 aromatic rings. The fourth-order valence-corrected chi connectivity index (χ4v) is 8.73. The summed E-state index contributed by atoms with van der Waals surface area (Å²) in [5.41, 5.74) is 3.28. The van der Waals surface area contributed by atoms with Gasteiger partial charge in [0.15, 0.2) is 5.66 Å². The lowest BCUT2D eigenvalue weighted by Gasteiger charge is -2.23. The van der Waals surface area contributed by atoms with Crippen LogP contribution in [0.15, 0.2) is 22.4 Å². The molecule has 5 rings (SSSR count). The Hall–Kier alpha value is -2.47. The zero-order valence-corrected chi connectivity index (χ0v) is 26.9. The van der Waals surface area contributed by atoms with Crippen molar-refractivity contribution in [3.63, 3.8) is 0 Å². The monoisotopic (exact) mass is 630 g/mol. The van der Waals surface area contributed by atoms with Crippen molar-refractivity contribution in [2.45, 2.75) is 106 Å². The molecule has 236 valence electrons. The van der Waals surface area contributed by atoms with Crippen LogP contribution >= 0.6 is 23.5 Å². The van der Waals surface area contributed by atoms with E-state index >= 15 is 0 Å². The first-order chi connectivity index (χ1) is 20.8. The van der Waals surface area contributed by atoms with Crippen molar-refractivity contribution >= 4 is 41.4 Å². The molecule has 43 heavy (non-hydrogen) atoms. The topological polar surface area (TPSA) is 135 Å². The number of unbranched alkanes of at least 4 members (excludes halogenated alkanes) is 2. The Labute approximate surface area is 263 Å². The van der Waals surface area contributed by atoms with Crippen LogP contribution < -0.4 is 16.0 Å². The molecule has 1 aliphatic carbocycles. The summed E-state index contributed by atoms with van der Waals surface area (Å²) >= 11 is 3.71. The number of carbonyl (C=O) groups is 3. The zero-order chi connectivity index (χ0) is 30.2. The number of nitrogens with zero attached hydrogens (tertiary/aromatic N) is 3. The minimum absolute atomic E-state index is 0.0296. The van der Waals surface area contributed by atoms with Gasteiger partial charge in [0.25, 0.3) is 0 Å². The smallest absolute Gasteiger partial charge is 0.315 e. The molecule has 3 heterocycles. The normalized spacial score (nSPS) is 22.8. The number of nitrogens with one attached hydrogen (secondary N) is 3. The van der Waals surface area contributed by atoms with Crippen LogP contribution in [-0.2, 0) is 28.2 Å². The second-order valence-electron chi connectivity index (χ2n) is 12.4. The van der Waals surface area contributed by atoms with E-state index < -0.39 is 5.66 Å². The Balaban J connectivity index is 0.979. The van der Waals surface area contributed by atoms with Gasteiger partial charge in [-0.15, -0.1) is 0 Å². The number of fused-ring (bicyclic) bond motifs is 2. The predicted octanol–water partition coefficient (Wildman–Crippen LogP) is 4.53. The Morgan fingerprint density at radius 1 is 1.14 bits per heavy atom. The number of thioether (sulfide) groups is 2. The van der Waals surface area contributed by atoms with Crippen molar-refractivity contribution in [1.29, 1.82) is 0 Å². The highest BCUT2D eigenvalue weighted by atomic mass is 32.2. The molecule has 0 spiro atoms. The van der Waals surface area contributed by atoms with E-state index in [2.05, 4.69) is 32.2 Å². The van der Waals surface area contributed by atoms with Gasteiger partial charge in [-0.05, 0) is 81.2 Å². The number of amides is 4. The third kappa shape index (κ3) is 9.26. The maximum atomic E-state index is 13.0. The molecule has 3 atom stereocenters. The molecular weight excluding hydrogens is 585 g/mol. The summed E-state index contributed by atoms with van der Waals surface area (Å²) < 4.78 is 0. The van der Waals surface area contributed by atoms with Crippen LogP contribution in [0.5, 0.6) is 5.75 Å². The van der Waals surface area contributed by atoms with Crippen molar-refractivity contribution in [3.8, 4) is 5.75 Å². The van der Waals surface area contributed by atoms with Crippen molar-refractivity contribution < 1.29 is 19.5 Å². The molecule has 1 aromatic carbocycles. The molecule has 4 amide bonds. The first kappa shape index (κ1) is 31.9. The number of phenolic OH excluding ortho intramolecular Hbond substituents is 1. The molecule has 0 bridgehead atoms. The minimum atomic E-state index is -0.434. The van der Waals surface area contributed by atoms with E-state index in [4.69, 9.17) is 0 Å². The average molecular weight is 631 g/mol. The Bertz CT molecular complexity index is 1190. The molecule has 12 heteroatoms. The third-order valence-electron chi connectivity index (χ3n) is 8.88. The van der Waals surface area contributed by atoms with Crippen LogP contribution in [-0.4, -0.2) is 82.0 Å². The lowest BCUT2D eigenvalue weighted by Crippen LogP contribution is -2.41. The quantitative estimate of drug-likeness (QED) is 0.148. The van der Waals surface area contributed by atoms with E-state index in [1.165, 1.54) is 24.0 Å². The first-order valence-electron chi connectivity index (χ1n) is 15.9. The Kier molecular flexibility index (Phi) is 11.1. The summed E-state index contributed by atoms with van der Waals surface area (Å²) in [4.78, 5) is 39.1. The standard InChI is InChI=1S/C31H46N6O4S2/c1-31(35-36-31)12-11-28(40)37(14-6-4-10-26-29-24(20-43-26)33-30(41)34-29)18-27(39)32-13-5-7-15-42-19-23-16-21-8-2-3-9-22(21)17-25(23)38/h16-17,24,26,29,38H,2-15,18-20H2,1H3,(H,32,39)(H2,33,34,41). The third-order valence-corrected chi connectivity index (χ3v) is 11.5. The van der Waals surface area contributed by atoms with Gasteiger partial charge in [-0.1, -0.05) is 12.5 Å². The van der Waals surface area contributed by atoms with Gasteiger partial charge in [-0.2, -0.15) is 33.8 Å². The highest BCUT2D eigenvalue weighted by Crippen LogP contribution is 2.34. The van der Waals surface area contributed by atoms with Gasteiger partial charge in [0.1, 0.15) is 5.75 Å². The maximum absolute atomic E-state index is 13.0. The number of carbonyl (C=O) groups excluding carboxylic acids is 3. The summed E-state index contributed by atoms with van der Waals surface area (Å²) in [6, 6.07) is 4.47. The number of aromatic hydroxyl groups is 1. The van der Waals surface area contributed by atoms with Crippen molar-refractivity contribution in [2.24, 2.45) is 10.2 Å². The Morgan fingerprint density at radius 3 is 2.72 bits per heavy atom. The van der Waals surface area contributed by atoms with E-state index in [1.54, 1.807) is 4.90 Å². The first-order valence-corrected chi connectivity index (χ1v) is 18.1. The van der Waals surface area contributed by atoms with Crippen molar-refractivity contribution in [2.75, 3.05) is 31.1 Å². The van der Waals surface area contributed by atoms with Gasteiger partial charge < -0.3 is 26.0 Å². The fraction of sp³-hybridized carbons (Fsp3) is 0.710. The molecule has 4 aliphatic rings. The second-order valence-corrected chi connectivity index (χ2v) is 14.8. The largest absolute Gasteiger partial charge is 0.508 e. The average Bonchev–Trinajstić information content (AvgIpc) is 3.44. The van der Waals surface area contributed by atoms with E-state index in [0.717, 1.165) is 67.8 Å². The Morgan fingerprint density at radius 2 is 1.93 bits per heavy atom. The zero-order valence-electron chi connectivity index (χ0n) is 25.2. The maximum Gasteiger partial charge on any atom is 0.315 e. The van der Waals surface area contributed by atoms with Crippen LogP contribution in [0.2, 0.25) is 0 Å². The van der Waals surface area contributed by atoms with Gasteiger partial charge >= 0.3 is 6.03 Å². The van der Waals surface area contributed by atoms with Crippen molar-refractivity contribution in [3.05, 3.63) is 28.8 Å². The molecular formula is C31H46N6O4S2. The minimum Gasteiger partial charge on any atom is -0.508 e. The van der Waals surface area contributed by atoms with Crippen LogP contribution in [0.1, 0.15) is 81.4 Å². The second kappa shape index (κ2) is 15.0. The molecule has 2 saturated heterocycles. The van der Waals surface area contributed by atoms with Gasteiger partial charge in [-0.25, -0.2) is 4.79 Å². The SMILES string of the molecule is CC1(CCC(=O)N(CCCCC2SCC3NC(=O)NC32)CC(=O)NCCCCSCc2cc3c(cc2O)CCCC3)N=N1. The summed E-state index contributed by atoms with van der Waals surface area (Å²) in [6.07, 6.45) is 10.1. The van der Waals surface area contributed by atoms with Crippen LogP contribution in [0.3, 0.4) is 0 Å². The fourth-order valence-electron chi connectivity index (χ4n) is 6.18. The number of rotatable bonds is 17. The number of urea groups is 1. The molecule has 3 aliphatic heterocycles. The number of hydrogen-bond acceptors (Lipinski definition) is 8. The summed E-state index contributed by atoms with van der Waals surface area (Å²) in [5.74, 6) is 2.96. The van der Waals surface area contributed by atoms with Crippen molar-refractivity contribution in [1.82, 2.24) is 20.9 Å². The number of phenols is 1. The van der Waals surface area contributed by atoms with E-state index in [1.807, 2.05) is 36.5 Å². The molecule has 3 unspecified atom stereocenters. The van der Waals surface area contributed by atoms with Crippen LogP contribution in [0.25, 0.3) is 0 Å². The molecule has 0 radical (unpaired) electrons. The number of hydrogen-bond donors (Lipinski definition) is 4. The summed E-state index contributed by atoms with van der Waals surface area (Å²) in [7, 11) is 0. The van der Waals surface area contributed by atoms with Crippen LogP contribution in [0.4, 0.5) is 4.79 Å². The predicted molar refractivity (Wildman–Crippen MR) is 172 cm³/mol.